The molecule has 0 heterocycles. The highest BCUT2D eigenvalue weighted by Crippen LogP contribution is 2.43. The van der Waals surface area contributed by atoms with E-state index in [0.29, 0.717) is 25.8 Å². The van der Waals surface area contributed by atoms with Gasteiger partial charge in [-0.25, -0.2) is 0 Å². The predicted octanol–water partition coefficient (Wildman–Crippen LogP) is 2.74. The second kappa shape index (κ2) is 5.92. The fourth-order valence-electron chi connectivity index (χ4n) is 3.31. The van der Waals surface area contributed by atoms with Crippen LogP contribution >= 0.6 is 0 Å². The third-order valence-electron chi connectivity index (χ3n) is 4.94. The fraction of sp³-hybridized carbons (Fsp3) is 0.929. The van der Waals surface area contributed by atoms with E-state index in [1.165, 1.54) is 0 Å². The molecule has 2 rings (SSSR count). The minimum absolute atomic E-state index is 0.0484. The molecular formula is C14H23F3N2O. The zero-order chi connectivity index (χ0) is 14.8. The largest absolute Gasteiger partial charge is 0.391 e. The SMILES string of the molecule is NCC1(CC(=O)NC2CCC(C(F)(F)F)CC2)CCC1. The predicted molar refractivity (Wildman–Crippen MR) is 69.9 cm³/mol. The standard InChI is InChI=1S/C14H23F3N2O/c15-14(16,17)10-2-4-11(5-3-10)19-12(20)8-13(9-18)6-1-7-13/h10-11H,1-9,18H2,(H,19,20). The molecule has 3 N–H and O–H groups in total. The van der Waals surface area contributed by atoms with Crippen LogP contribution in [0.1, 0.15) is 51.4 Å². The third kappa shape index (κ3) is 3.65. The average Bonchev–Trinajstić information content (AvgIpc) is 2.33. The summed E-state index contributed by atoms with van der Waals surface area (Å²) in [5, 5.41) is 2.89. The van der Waals surface area contributed by atoms with Crippen LogP contribution in [-0.4, -0.2) is 24.7 Å². The van der Waals surface area contributed by atoms with Gasteiger partial charge in [0, 0.05) is 12.5 Å². The summed E-state index contributed by atoms with van der Waals surface area (Å²) in [7, 11) is 0. The second-order valence-electron chi connectivity index (χ2n) is 6.39. The van der Waals surface area contributed by atoms with Crippen molar-refractivity contribution in [3.63, 3.8) is 0 Å². The van der Waals surface area contributed by atoms with E-state index in [0.717, 1.165) is 19.3 Å². The molecule has 0 aliphatic heterocycles. The number of carbonyl (C=O) groups is 1. The highest BCUT2D eigenvalue weighted by molar-refractivity contribution is 5.77. The number of carbonyl (C=O) groups excluding carboxylic acids is 1. The molecule has 0 unspecified atom stereocenters. The molecule has 116 valence electrons. The van der Waals surface area contributed by atoms with Gasteiger partial charge in [0.1, 0.15) is 0 Å². The van der Waals surface area contributed by atoms with E-state index in [-0.39, 0.29) is 30.2 Å². The molecule has 0 spiro atoms. The van der Waals surface area contributed by atoms with E-state index in [4.69, 9.17) is 5.73 Å². The number of alkyl halides is 3. The Morgan fingerprint density at radius 3 is 2.20 bits per heavy atom. The van der Waals surface area contributed by atoms with Crippen molar-refractivity contribution < 1.29 is 18.0 Å². The summed E-state index contributed by atoms with van der Waals surface area (Å²) in [5.41, 5.74) is 5.66. The van der Waals surface area contributed by atoms with Crippen LogP contribution in [0.3, 0.4) is 0 Å². The summed E-state index contributed by atoms with van der Waals surface area (Å²) in [5.74, 6) is -1.25. The van der Waals surface area contributed by atoms with Gasteiger partial charge in [-0.15, -0.1) is 0 Å². The van der Waals surface area contributed by atoms with Gasteiger partial charge in [0.15, 0.2) is 0 Å². The molecule has 3 nitrogen and oxygen atoms in total. The zero-order valence-corrected chi connectivity index (χ0v) is 11.6. The minimum Gasteiger partial charge on any atom is -0.353 e. The van der Waals surface area contributed by atoms with Gasteiger partial charge >= 0.3 is 6.18 Å². The van der Waals surface area contributed by atoms with Gasteiger partial charge in [0.2, 0.25) is 5.91 Å². The van der Waals surface area contributed by atoms with Crippen LogP contribution in [0.25, 0.3) is 0 Å². The van der Waals surface area contributed by atoms with E-state index in [1.807, 2.05) is 0 Å². The fourth-order valence-corrected chi connectivity index (χ4v) is 3.31. The molecule has 0 saturated heterocycles. The van der Waals surface area contributed by atoms with Crippen molar-refractivity contribution in [2.75, 3.05) is 6.54 Å². The lowest BCUT2D eigenvalue weighted by Gasteiger charge is -2.41. The summed E-state index contributed by atoms with van der Waals surface area (Å²) >= 11 is 0. The van der Waals surface area contributed by atoms with Crippen molar-refractivity contribution in [2.45, 2.75) is 63.6 Å². The first kappa shape index (κ1) is 15.6. The summed E-state index contributed by atoms with van der Waals surface area (Å²) in [6.45, 7) is 0.515. The Hall–Kier alpha value is -0.780. The number of hydrogen-bond donors (Lipinski definition) is 2. The third-order valence-corrected chi connectivity index (χ3v) is 4.94. The molecule has 2 aliphatic carbocycles. The lowest BCUT2D eigenvalue weighted by molar-refractivity contribution is -0.182. The number of amides is 1. The van der Waals surface area contributed by atoms with Crippen LogP contribution in [0.5, 0.6) is 0 Å². The first-order valence-electron chi connectivity index (χ1n) is 7.41. The minimum atomic E-state index is -4.09. The van der Waals surface area contributed by atoms with Crippen LogP contribution in [0.2, 0.25) is 0 Å². The van der Waals surface area contributed by atoms with Crippen molar-refractivity contribution >= 4 is 5.91 Å². The highest BCUT2D eigenvalue weighted by Gasteiger charge is 2.42. The molecule has 6 heteroatoms. The van der Waals surface area contributed by atoms with E-state index in [2.05, 4.69) is 5.32 Å². The normalized spacial score (nSPS) is 29.6. The molecule has 2 saturated carbocycles. The maximum Gasteiger partial charge on any atom is 0.391 e. The molecule has 2 aliphatic rings. The van der Waals surface area contributed by atoms with Gasteiger partial charge in [-0.2, -0.15) is 13.2 Å². The molecule has 0 aromatic carbocycles. The van der Waals surface area contributed by atoms with Crippen molar-refractivity contribution in [3.8, 4) is 0 Å². The molecule has 2 fully saturated rings. The lowest BCUT2D eigenvalue weighted by Crippen LogP contribution is -2.45. The van der Waals surface area contributed by atoms with Crippen LogP contribution in [-0.2, 0) is 4.79 Å². The molecule has 1 amide bonds. The monoisotopic (exact) mass is 292 g/mol. The number of hydrogen-bond acceptors (Lipinski definition) is 2. The van der Waals surface area contributed by atoms with E-state index in [1.54, 1.807) is 0 Å². The van der Waals surface area contributed by atoms with Crippen molar-refractivity contribution in [3.05, 3.63) is 0 Å². The highest BCUT2D eigenvalue weighted by atomic mass is 19.4. The zero-order valence-electron chi connectivity index (χ0n) is 11.6. The maximum absolute atomic E-state index is 12.6. The van der Waals surface area contributed by atoms with Crippen LogP contribution in [0.15, 0.2) is 0 Å². The number of rotatable bonds is 4. The first-order valence-corrected chi connectivity index (χ1v) is 7.41. The molecule has 0 radical (unpaired) electrons. The van der Waals surface area contributed by atoms with Crippen LogP contribution in [0.4, 0.5) is 13.2 Å². The molecule has 0 aromatic heterocycles. The van der Waals surface area contributed by atoms with Gasteiger partial charge in [-0.3, -0.25) is 4.79 Å². The van der Waals surface area contributed by atoms with Crippen molar-refractivity contribution in [2.24, 2.45) is 17.1 Å². The average molecular weight is 292 g/mol. The van der Waals surface area contributed by atoms with Crippen molar-refractivity contribution in [1.29, 1.82) is 0 Å². The molecule has 0 atom stereocenters. The summed E-state index contributed by atoms with van der Waals surface area (Å²) in [6.07, 6.45) is 0.494. The lowest BCUT2D eigenvalue weighted by atomic mass is 9.66. The Morgan fingerprint density at radius 2 is 1.80 bits per heavy atom. The van der Waals surface area contributed by atoms with E-state index in [9.17, 15) is 18.0 Å². The molecule has 0 bridgehead atoms. The maximum atomic E-state index is 12.6. The summed E-state index contributed by atoms with van der Waals surface area (Å²) in [4.78, 5) is 12.0. The van der Waals surface area contributed by atoms with Crippen LogP contribution in [0, 0.1) is 11.3 Å². The molecular weight excluding hydrogens is 269 g/mol. The Labute approximate surface area is 117 Å². The smallest absolute Gasteiger partial charge is 0.353 e. The first-order chi connectivity index (χ1) is 9.35. The Morgan fingerprint density at radius 1 is 1.20 bits per heavy atom. The number of nitrogens with two attached hydrogens (primary N) is 1. The molecule has 20 heavy (non-hydrogen) atoms. The number of nitrogens with one attached hydrogen (secondary N) is 1. The Bertz CT molecular complexity index is 339. The topological polar surface area (TPSA) is 55.1 Å². The van der Waals surface area contributed by atoms with Crippen molar-refractivity contribution in [1.82, 2.24) is 5.32 Å². The van der Waals surface area contributed by atoms with Gasteiger partial charge in [-0.05, 0) is 50.5 Å². The summed E-state index contributed by atoms with van der Waals surface area (Å²) < 4.78 is 37.7. The van der Waals surface area contributed by atoms with E-state index >= 15 is 0 Å². The Kier molecular flexibility index (Phi) is 4.62. The van der Waals surface area contributed by atoms with E-state index < -0.39 is 12.1 Å². The van der Waals surface area contributed by atoms with Gasteiger partial charge in [-0.1, -0.05) is 6.42 Å². The van der Waals surface area contributed by atoms with Crippen LogP contribution < -0.4 is 11.1 Å². The molecule has 0 aromatic rings. The second-order valence-corrected chi connectivity index (χ2v) is 6.39. The van der Waals surface area contributed by atoms with Gasteiger partial charge in [0.05, 0.1) is 5.92 Å². The van der Waals surface area contributed by atoms with Gasteiger partial charge < -0.3 is 11.1 Å². The Balaban J connectivity index is 1.74. The summed E-state index contributed by atoms with van der Waals surface area (Å²) in [6, 6.07) is -0.101. The quantitative estimate of drug-likeness (QED) is 0.837. The number of halogens is 3. The van der Waals surface area contributed by atoms with Gasteiger partial charge in [0.25, 0.3) is 0 Å².